The van der Waals surface area contributed by atoms with E-state index in [0.717, 1.165) is 12.1 Å². The average molecular weight is 388 g/mol. The summed E-state index contributed by atoms with van der Waals surface area (Å²) < 4.78 is 45.3. The number of benzene rings is 1. The Morgan fingerprint density at radius 3 is 2.33 bits per heavy atom. The van der Waals surface area contributed by atoms with Gasteiger partial charge in [0.05, 0.1) is 10.5 Å². The van der Waals surface area contributed by atoms with Gasteiger partial charge in [0.2, 0.25) is 0 Å². The molecule has 1 aromatic carbocycles. The van der Waals surface area contributed by atoms with Gasteiger partial charge in [0, 0.05) is 37.3 Å². The number of ether oxygens (including phenoxy) is 1. The molecule has 0 atom stereocenters. The number of carbonyl (C=O) groups is 1. The molecule has 9 heteroatoms. The lowest BCUT2D eigenvalue weighted by atomic mass is 9.92. The molecule has 1 aliphatic heterocycles. The van der Waals surface area contributed by atoms with Crippen LogP contribution in [-0.2, 0) is 15.7 Å². The van der Waals surface area contributed by atoms with Crippen LogP contribution in [0.4, 0.5) is 24.5 Å². The lowest BCUT2D eigenvalue weighted by Gasteiger charge is -2.35. The van der Waals surface area contributed by atoms with E-state index in [9.17, 15) is 28.1 Å². The molecule has 0 amide bonds. The number of non-ortho nitro benzene ring substituents is 1. The zero-order chi connectivity index (χ0) is 20.4. The second kappa shape index (κ2) is 7.74. The highest BCUT2D eigenvalue weighted by molar-refractivity contribution is 5.70. The summed E-state index contributed by atoms with van der Waals surface area (Å²) in [6.07, 6.45) is -3.35. The van der Waals surface area contributed by atoms with Crippen molar-refractivity contribution in [2.75, 3.05) is 18.0 Å². The van der Waals surface area contributed by atoms with Gasteiger partial charge < -0.3 is 9.64 Å². The molecule has 0 bridgehead atoms. The third-order valence-electron chi connectivity index (χ3n) is 4.33. The van der Waals surface area contributed by atoms with Gasteiger partial charge >= 0.3 is 12.1 Å². The maximum Gasteiger partial charge on any atom is 0.418 e. The Hall–Kier alpha value is -2.32. The second-order valence-electron chi connectivity index (χ2n) is 7.68. The van der Waals surface area contributed by atoms with E-state index in [1.54, 1.807) is 25.7 Å². The molecule has 1 saturated heterocycles. The van der Waals surface area contributed by atoms with Crippen LogP contribution < -0.4 is 4.90 Å². The molecule has 1 aromatic rings. The van der Waals surface area contributed by atoms with Crippen LogP contribution in [0.15, 0.2) is 18.2 Å². The summed E-state index contributed by atoms with van der Waals surface area (Å²) >= 11 is 0. The molecular formula is C18H23F3N2O4. The van der Waals surface area contributed by atoms with Crippen LogP contribution >= 0.6 is 0 Å². The number of nitro groups is 1. The van der Waals surface area contributed by atoms with Crippen molar-refractivity contribution < 1.29 is 27.6 Å². The number of hydrogen-bond donors (Lipinski definition) is 0. The maximum atomic E-state index is 13.3. The molecule has 1 fully saturated rings. The van der Waals surface area contributed by atoms with E-state index in [1.165, 1.54) is 0 Å². The summed E-state index contributed by atoms with van der Waals surface area (Å²) in [5, 5.41) is 10.8. The van der Waals surface area contributed by atoms with Crippen LogP contribution in [0.3, 0.4) is 0 Å². The number of anilines is 1. The Morgan fingerprint density at radius 1 is 1.26 bits per heavy atom. The summed E-state index contributed by atoms with van der Waals surface area (Å²) in [5.41, 5.74) is -2.24. The van der Waals surface area contributed by atoms with Gasteiger partial charge in [0.15, 0.2) is 0 Å². The molecule has 1 aliphatic rings. The minimum absolute atomic E-state index is 0.0449. The fraction of sp³-hybridized carbons (Fsp3) is 0.611. The predicted octanol–water partition coefficient (Wildman–Crippen LogP) is 4.56. The first kappa shape index (κ1) is 21.0. The van der Waals surface area contributed by atoms with Gasteiger partial charge in [-0.2, -0.15) is 13.2 Å². The minimum Gasteiger partial charge on any atom is -0.460 e. The molecule has 150 valence electrons. The number of halogens is 3. The monoisotopic (exact) mass is 388 g/mol. The van der Waals surface area contributed by atoms with Gasteiger partial charge in [0.1, 0.15) is 5.60 Å². The van der Waals surface area contributed by atoms with Crippen LogP contribution in [0.25, 0.3) is 0 Å². The van der Waals surface area contributed by atoms with Crippen molar-refractivity contribution in [1.82, 2.24) is 0 Å². The molecule has 2 rings (SSSR count). The van der Waals surface area contributed by atoms with Crippen LogP contribution in [0, 0.1) is 16.0 Å². The Bertz CT molecular complexity index is 706. The number of nitro benzene ring substituents is 1. The molecular weight excluding hydrogens is 365 g/mol. The molecule has 6 nitrogen and oxygen atoms in total. The maximum absolute atomic E-state index is 13.3. The largest absolute Gasteiger partial charge is 0.460 e. The summed E-state index contributed by atoms with van der Waals surface area (Å²) in [6.45, 7) is 6.02. The predicted molar refractivity (Wildman–Crippen MR) is 93.5 cm³/mol. The van der Waals surface area contributed by atoms with Gasteiger partial charge in [-0.15, -0.1) is 0 Å². The number of rotatable bonds is 4. The van der Waals surface area contributed by atoms with Crippen LogP contribution in [-0.4, -0.2) is 29.6 Å². The Balaban J connectivity index is 2.07. The van der Waals surface area contributed by atoms with E-state index in [4.69, 9.17) is 4.74 Å². The van der Waals surface area contributed by atoms with E-state index in [-0.39, 0.29) is 24.0 Å². The van der Waals surface area contributed by atoms with Crippen molar-refractivity contribution in [2.24, 2.45) is 5.92 Å². The molecule has 0 aliphatic carbocycles. The Labute approximate surface area is 155 Å². The molecule has 27 heavy (non-hydrogen) atoms. The van der Waals surface area contributed by atoms with Crippen molar-refractivity contribution in [3.63, 3.8) is 0 Å². The molecule has 0 spiro atoms. The summed E-state index contributed by atoms with van der Waals surface area (Å²) in [5.74, 6) is -0.268. The Kier molecular flexibility index (Phi) is 6.01. The van der Waals surface area contributed by atoms with E-state index in [0.29, 0.717) is 32.0 Å². The smallest absolute Gasteiger partial charge is 0.418 e. The average Bonchev–Trinajstić information content (AvgIpc) is 2.52. The summed E-state index contributed by atoms with van der Waals surface area (Å²) in [4.78, 5) is 23.4. The van der Waals surface area contributed by atoms with Crippen molar-refractivity contribution in [3.05, 3.63) is 33.9 Å². The zero-order valence-corrected chi connectivity index (χ0v) is 15.5. The number of alkyl halides is 3. The second-order valence-corrected chi connectivity index (χ2v) is 7.68. The van der Waals surface area contributed by atoms with Gasteiger partial charge in [-0.25, -0.2) is 0 Å². The highest BCUT2D eigenvalue weighted by Crippen LogP contribution is 2.40. The lowest BCUT2D eigenvalue weighted by Crippen LogP contribution is -2.36. The number of nitrogens with zero attached hydrogens (tertiary/aromatic N) is 2. The number of esters is 1. The minimum atomic E-state index is -4.69. The number of piperidine rings is 1. The quantitative estimate of drug-likeness (QED) is 0.429. The van der Waals surface area contributed by atoms with Gasteiger partial charge in [-0.05, 0) is 45.6 Å². The summed E-state index contributed by atoms with van der Waals surface area (Å²) in [6, 6.07) is 2.80. The molecule has 0 saturated carbocycles. The zero-order valence-electron chi connectivity index (χ0n) is 15.5. The van der Waals surface area contributed by atoms with Gasteiger partial charge in [0.25, 0.3) is 5.69 Å². The third kappa shape index (κ3) is 5.83. The number of hydrogen-bond acceptors (Lipinski definition) is 5. The fourth-order valence-corrected chi connectivity index (χ4v) is 3.14. The molecule has 0 aromatic heterocycles. The normalized spacial score (nSPS) is 16.3. The first-order valence-electron chi connectivity index (χ1n) is 8.69. The first-order valence-corrected chi connectivity index (χ1v) is 8.69. The van der Waals surface area contributed by atoms with Crippen molar-refractivity contribution >= 4 is 17.3 Å². The topological polar surface area (TPSA) is 72.7 Å². The first-order chi connectivity index (χ1) is 12.4. The highest BCUT2D eigenvalue weighted by Gasteiger charge is 2.37. The number of carbonyl (C=O) groups excluding carboxylic acids is 1. The standard InChI is InChI=1S/C18H23F3N2O4/c1-17(2,3)27-16(24)10-12-6-8-22(9-7-12)15-5-4-13(23(25)26)11-14(15)18(19,20)21/h4-5,11-12H,6-10H2,1-3H3. The van der Waals surface area contributed by atoms with Gasteiger partial charge in [-0.1, -0.05) is 0 Å². The van der Waals surface area contributed by atoms with Crippen molar-refractivity contribution in [3.8, 4) is 0 Å². The SMILES string of the molecule is CC(C)(C)OC(=O)CC1CCN(c2ccc([N+](=O)[O-])cc2C(F)(F)F)CC1. The molecule has 0 radical (unpaired) electrons. The van der Waals surface area contributed by atoms with Crippen LogP contribution in [0.2, 0.25) is 0 Å². The van der Waals surface area contributed by atoms with Gasteiger partial charge in [-0.3, -0.25) is 14.9 Å². The van der Waals surface area contributed by atoms with Crippen LogP contribution in [0.5, 0.6) is 0 Å². The summed E-state index contributed by atoms with van der Waals surface area (Å²) in [7, 11) is 0. The fourth-order valence-electron chi connectivity index (χ4n) is 3.14. The van der Waals surface area contributed by atoms with Crippen LogP contribution in [0.1, 0.15) is 45.6 Å². The van der Waals surface area contributed by atoms with E-state index >= 15 is 0 Å². The Morgan fingerprint density at radius 2 is 1.85 bits per heavy atom. The lowest BCUT2D eigenvalue weighted by molar-refractivity contribution is -0.385. The third-order valence-corrected chi connectivity index (χ3v) is 4.33. The van der Waals surface area contributed by atoms with E-state index < -0.39 is 28.0 Å². The molecule has 0 unspecified atom stereocenters. The molecule has 0 N–H and O–H groups in total. The van der Waals surface area contributed by atoms with Crippen molar-refractivity contribution in [2.45, 2.75) is 51.8 Å². The molecule has 1 heterocycles. The highest BCUT2D eigenvalue weighted by atomic mass is 19.4. The van der Waals surface area contributed by atoms with E-state index in [2.05, 4.69) is 0 Å². The van der Waals surface area contributed by atoms with Crippen molar-refractivity contribution in [1.29, 1.82) is 0 Å². The van der Waals surface area contributed by atoms with E-state index in [1.807, 2.05) is 0 Å².